The van der Waals surface area contributed by atoms with Crippen LogP contribution in [0.2, 0.25) is 5.02 Å². The van der Waals surface area contributed by atoms with E-state index in [2.05, 4.69) is 10.3 Å². The molecule has 2 rings (SSSR count). The highest BCUT2D eigenvalue weighted by Gasteiger charge is 2.05. The Labute approximate surface area is 110 Å². The normalized spacial score (nSPS) is 10.1. The summed E-state index contributed by atoms with van der Waals surface area (Å²) in [5.41, 5.74) is 1.01. The summed E-state index contributed by atoms with van der Waals surface area (Å²) in [6, 6.07) is 8.95. The first-order valence-electron chi connectivity index (χ1n) is 5.51. The number of halogens is 1. The van der Waals surface area contributed by atoms with E-state index in [9.17, 15) is 4.79 Å². The van der Waals surface area contributed by atoms with E-state index in [1.54, 1.807) is 24.3 Å². The van der Waals surface area contributed by atoms with E-state index in [0.29, 0.717) is 17.3 Å². The van der Waals surface area contributed by atoms with Crippen LogP contribution in [-0.4, -0.2) is 17.5 Å². The number of ether oxygens (including phenoxy) is 1. The molecule has 1 aromatic carbocycles. The molecule has 0 atom stereocenters. The van der Waals surface area contributed by atoms with Gasteiger partial charge in [-0.25, -0.2) is 0 Å². The zero-order valence-electron chi connectivity index (χ0n) is 9.65. The van der Waals surface area contributed by atoms with Crippen LogP contribution in [-0.2, 0) is 11.3 Å². The number of rotatable bonds is 5. The zero-order chi connectivity index (χ0) is 12.8. The molecular weight excluding hydrogens is 252 g/mol. The number of hydrogen-bond acceptors (Lipinski definition) is 2. The first-order valence-corrected chi connectivity index (χ1v) is 5.89. The molecular formula is C13H13ClN2O2. The third kappa shape index (κ3) is 3.53. The molecule has 0 aliphatic heterocycles. The van der Waals surface area contributed by atoms with Crippen molar-refractivity contribution in [3.63, 3.8) is 0 Å². The van der Waals surface area contributed by atoms with E-state index >= 15 is 0 Å². The first-order chi connectivity index (χ1) is 8.75. The summed E-state index contributed by atoms with van der Waals surface area (Å²) in [5, 5.41) is 3.24. The fourth-order valence-electron chi connectivity index (χ4n) is 1.43. The van der Waals surface area contributed by atoms with Crippen LogP contribution >= 0.6 is 11.6 Å². The summed E-state index contributed by atoms with van der Waals surface area (Å²) in [6.45, 7) is 0.433. The molecule has 0 aliphatic carbocycles. The molecule has 1 aromatic heterocycles. The van der Waals surface area contributed by atoms with E-state index in [4.69, 9.17) is 16.3 Å². The summed E-state index contributed by atoms with van der Waals surface area (Å²) < 4.78 is 5.32. The fraction of sp³-hybridized carbons (Fsp3) is 0.154. The molecule has 18 heavy (non-hydrogen) atoms. The molecule has 0 spiro atoms. The van der Waals surface area contributed by atoms with Gasteiger partial charge >= 0.3 is 0 Å². The maximum absolute atomic E-state index is 11.5. The van der Waals surface area contributed by atoms with Gasteiger partial charge in [-0.3, -0.25) is 4.79 Å². The molecule has 4 nitrogen and oxygen atoms in total. The third-order valence-corrected chi connectivity index (χ3v) is 2.66. The highest BCUT2D eigenvalue weighted by molar-refractivity contribution is 6.32. The first kappa shape index (κ1) is 12.5. The van der Waals surface area contributed by atoms with Gasteiger partial charge in [-0.15, -0.1) is 0 Å². The van der Waals surface area contributed by atoms with Crippen LogP contribution in [0.15, 0.2) is 42.7 Å². The van der Waals surface area contributed by atoms with Gasteiger partial charge in [0.15, 0.2) is 6.61 Å². The lowest BCUT2D eigenvalue weighted by atomic mass is 10.3. The Hall–Kier alpha value is -1.94. The van der Waals surface area contributed by atoms with Crippen LogP contribution in [0.1, 0.15) is 5.56 Å². The molecule has 2 N–H and O–H groups in total. The van der Waals surface area contributed by atoms with E-state index < -0.39 is 0 Å². The standard InChI is InChI=1S/C13H13ClN2O2/c14-11-3-1-2-4-12(11)18-9-13(17)16-8-10-5-6-15-7-10/h1-7,15H,8-9H2,(H,16,17). The molecule has 1 amide bonds. The second-order valence-corrected chi connectivity index (χ2v) is 4.12. The molecule has 0 aliphatic rings. The number of amides is 1. The van der Waals surface area contributed by atoms with E-state index in [1.165, 1.54) is 0 Å². The van der Waals surface area contributed by atoms with Crippen molar-refractivity contribution in [2.24, 2.45) is 0 Å². The second kappa shape index (κ2) is 6.12. The molecule has 0 saturated carbocycles. The molecule has 1 heterocycles. The van der Waals surface area contributed by atoms with Gasteiger partial charge in [0, 0.05) is 18.9 Å². The SMILES string of the molecule is O=C(COc1ccccc1Cl)NCc1cc[nH]c1. The number of aromatic nitrogens is 1. The van der Waals surface area contributed by atoms with Crippen LogP contribution < -0.4 is 10.1 Å². The van der Waals surface area contributed by atoms with Gasteiger partial charge in [-0.2, -0.15) is 0 Å². The molecule has 0 radical (unpaired) electrons. The van der Waals surface area contributed by atoms with Crippen molar-refractivity contribution < 1.29 is 9.53 Å². The van der Waals surface area contributed by atoms with Crippen molar-refractivity contribution in [3.05, 3.63) is 53.3 Å². The monoisotopic (exact) mass is 264 g/mol. The van der Waals surface area contributed by atoms with Gasteiger partial charge in [-0.1, -0.05) is 23.7 Å². The van der Waals surface area contributed by atoms with Gasteiger partial charge in [-0.05, 0) is 23.8 Å². The second-order valence-electron chi connectivity index (χ2n) is 3.72. The van der Waals surface area contributed by atoms with Crippen molar-refractivity contribution in [2.75, 3.05) is 6.61 Å². The zero-order valence-corrected chi connectivity index (χ0v) is 10.4. The molecule has 94 valence electrons. The van der Waals surface area contributed by atoms with Crippen LogP contribution in [0.5, 0.6) is 5.75 Å². The summed E-state index contributed by atoms with van der Waals surface area (Å²) >= 11 is 5.91. The predicted octanol–water partition coefficient (Wildman–Crippen LogP) is 2.36. The Bertz CT molecular complexity index is 511. The number of nitrogens with one attached hydrogen (secondary N) is 2. The molecule has 0 fully saturated rings. The lowest BCUT2D eigenvalue weighted by Gasteiger charge is -2.07. The maximum atomic E-state index is 11.5. The van der Waals surface area contributed by atoms with Crippen LogP contribution in [0.25, 0.3) is 0 Å². The van der Waals surface area contributed by atoms with Crippen molar-refractivity contribution in [3.8, 4) is 5.75 Å². The fourth-order valence-corrected chi connectivity index (χ4v) is 1.62. The predicted molar refractivity (Wildman–Crippen MR) is 69.6 cm³/mol. The maximum Gasteiger partial charge on any atom is 0.258 e. The average Bonchev–Trinajstić information content (AvgIpc) is 2.88. The Morgan fingerprint density at radius 2 is 2.17 bits per heavy atom. The summed E-state index contributed by atoms with van der Waals surface area (Å²) in [6.07, 6.45) is 3.64. The van der Waals surface area contributed by atoms with Crippen LogP contribution in [0.4, 0.5) is 0 Å². The van der Waals surface area contributed by atoms with Gasteiger partial charge in [0.05, 0.1) is 5.02 Å². The molecule has 2 aromatic rings. The number of hydrogen-bond donors (Lipinski definition) is 2. The highest BCUT2D eigenvalue weighted by Crippen LogP contribution is 2.22. The summed E-state index contributed by atoms with van der Waals surface area (Å²) in [4.78, 5) is 14.5. The Balaban J connectivity index is 1.77. The van der Waals surface area contributed by atoms with Crippen molar-refractivity contribution in [1.82, 2.24) is 10.3 Å². The highest BCUT2D eigenvalue weighted by atomic mass is 35.5. The molecule has 0 unspecified atom stereocenters. The molecule has 5 heteroatoms. The van der Waals surface area contributed by atoms with Crippen LogP contribution in [0, 0.1) is 0 Å². The van der Waals surface area contributed by atoms with Crippen molar-refractivity contribution >= 4 is 17.5 Å². The van der Waals surface area contributed by atoms with E-state index in [1.807, 2.05) is 18.5 Å². The van der Waals surface area contributed by atoms with E-state index in [-0.39, 0.29) is 12.5 Å². The number of benzene rings is 1. The van der Waals surface area contributed by atoms with Crippen molar-refractivity contribution in [2.45, 2.75) is 6.54 Å². The number of carbonyl (C=O) groups excluding carboxylic acids is 1. The Morgan fingerprint density at radius 1 is 1.33 bits per heavy atom. The minimum Gasteiger partial charge on any atom is -0.482 e. The third-order valence-electron chi connectivity index (χ3n) is 2.35. The smallest absolute Gasteiger partial charge is 0.258 e. The average molecular weight is 265 g/mol. The Morgan fingerprint density at radius 3 is 2.89 bits per heavy atom. The van der Waals surface area contributed by atoms with Gasteiger partial charge in [0.1, 0.15) is 5.75 Å². The van der Waals surface area contributed by atoms with E-state index in [0.717, 1.165) is 5.56 Å². The Kier molecular flexibility index (Phi) is 4.25. The minimum absolute atomic E-state index is 0.0475. The van der Waals surface area contributed by atoms with Gasteiger partial charge in [0.2, 0.25) is 0 Å². The van der Waals surface area contributed by atoms with Gasteiger partial charge < -0.3 is 15.0 Å². The summed E-state index contributed by atoms with van der Waals surface area (Å²) in [7, 11) is 0. The quantitative estimate of drug-likeness (QED) is 0.871. The van der Waals surface area contributed by atoms with Crippen LogP contribution in [0.3, 0.4) is 0 Å². The number of para-hydroxylation sites is 1. The number of aromatic amines is 1. The lowest BCUT2D eigenvalue weighted by Crippen LogP contribution is -2.28. The molecule has 0 saturated heterocycles. The van der Waals surface area contributed by atoms with Gasteiger partial charge in [0.25, 0.3) is 5.91 Å². The topological polar surface area (TPSA) is 54.1 Å². The summed E-state index contributed by atoms with van der Waals surface area (Å²) in [5.74, 6) is 0.326. The largest absolute Gasteiger partial charge is 0.482 e. The lowest BCUT2D eigenvalue weighted by molar-refractivity contribution is -0.123. The number of H-pyrrole nitrogens is 1. The number of carbonyl (C=O) groups is 1. The minimum atomic E-state index is -0.184. The molecule has 0 bridgehead atoms. The van der Waals surface area contributed by atoms with Crippen molar-refractivity contribution in [1.29, 1.82) is 0 Å².